The molecular formula is C19H19FN2O2. The van der Waals surface area contributed by atoms with Gasteiger partial charge in [-0.05, 0) is 43.0 Å². The quantitative estimate of drug-likeness (QED) is 0.743. The molecule has 1 aliphatic rings. The zero-order valence-corrected chi connectivity index (χ0v) is 13.3. The number of aliphatic hydroxyl groups excluding tert-OH is 1. The monoisotopic (exact) mass is 326 g/mol. The summed E-state index contributed by atoms with van der Waals surface area (Å²) < 4.78 is 20.3. The van der Waals surface area contributed by atoms with E-state index >= 15 is 0 Å². The fraction of sp³-hybridized carbons (Fsp3) is 0.316. The van der Waals surface area contributed by atoms with E-state index in [1.807, 2.05) is 36.4 Å². The Labute approximate surface area is 139 Å². The van der Waals surface area contributed by atoms with Crippen molar-refractivity contribution in [2.45, 2.75) is 12.8 Å². The predicted molar refractivity (Wildman–Crippen MR) is 91.4 cm³/mol. The van der Waals surface area contributed by atoms with E-state index in [2.05, 4.69) is 9.88 Å². The van der Waals surface area contributed by atoms with Crippen LogP contribution >= 0.6 is 0 Å². The van der Waals surface area contributed by atoms with Crippen LogP contribution < -0.4 is 4.90 Å². The lowest BCUT2D eigenvalue weighted by atomic mass is 9.98. The van der Waals surface area contributed by atoms with E-state index in [1.54, 1.807) is 6.07 Å². The van der Waals surface area contributed by atoms with Gasteiger partial charge in [0.1, 0.15) is 17.2 Å². The van der Waals surface area contributed by atoms with E-state index in [0.29, 0.717) is 23.1 Å². The van der Waals surface area contributed by atoms with E-state index in [4.69, 9.17) is 4.42 Å². The van der Waals surface area contributed by atoms with Gasteiger partial charge in [0.15, 0.2) is 0 Å². The van der Waals surface area contributed by atoms with Crippen LogP contribution in [-0.2, 0) is 0 Å². The highest BCUT2D eigenvalue weighted by molar-refractivity contribution is 5.82. The molecule has 0 atom stereocenters. The first-order chi connectivity index (χ1) is 11.7. The average Bonchev–Trinajstić information content (AvgIpc) is 3.05. The molecule has 24 heavy (non-hydrogen) atoms. The first kappa shape index (κ1) is 15.1. The Bertz CT molecular complexity index is 820. The molecule has 1 aliphatic heterocycles. The van der Waals surface area contributed by atoms with E-state index in [1.165, 1.54) is 0 Å². The van der Waals surface area contributed by atoms with Gasteiger partial charge >= 0.3 is 0 Å². The zero-order valence-electron chi connectivity index (χ0n) is 13.3. The highest BCUT2D eigenvalue weighted by atomic mass is 19.1. The Kier molecular flexibility index (Phi) is 3.94. The largest absolute Gasteiger partial charge is 0.456 e. The molecule has 3 heterocycles. The third-order valence-electron chi connectivity index (χ3n) is 4.72. The lowest BCUT2D eigenvalue weighted by Crippen LogP contribution is -2.35. The molecule has 0 bridgehead atoms. The Morgan fingerprint density at radius 3 is 2.67 bits per heavy atom. The van der Waals surface area contributed by atoms with Crippen LogP contribution in [0.25, 0.3) is 22.3 Å². The summed E-state index contributed by atoms with van der Waals surface area (Å²) in [5.74, 6) is 0.965. The maximum absolute atomic E-state index is 14.5. The molecule has 4 rings (SSSR count). The number of piperidine rings is 1. The second-order valence-corrected chi connectivity index (χ2v) is 6.27. The Morgan fingerprint density at radius 2 is 1.96 bits per heavy atom. The molecule has 1 saturated heterocycles. The van der Waals surface area contributed by atoms with Crippen LogP contribution in [0.2, 0.25) is 0 Å². The van der Waals surface area contributed by atoms with Crippen molar-refractivity contribution in [1.82, 2.24) is 4.98 Å². The van der Waals surface area contributed by atoms with E-state index in [0.717, 1.165) is 36.9 Å². The first-order valence-electron chi connectivity index (χ1n) is 8.26. The van der Waals surface area contributed by atoms with Crippen molar-refractivity contribution < 1.29 is 13.9 Å². The number of aromatic nitrogens is 1. The summed E-state index contributed by atoms with van der Waals surface area (Å²) in [6.07, 6.45) is 1.82. The van der Waals surface area contributed by atoms with Gasteiger partial charge in [-0.2, -0.15) is 4.39 Å². The van der Waals surface area contributed by atoms with Gasteiger partial charge in [0, 0.05) is 25.1 Å². The van der Waals surface area contributed by atoms with Crippen LogP contribution in [0.15, 0.2) is 46.9 Å². The van der Waals surface area contributed by atoms with Crippen molar-refractivity contribution in [3.63, 3.8) is 0 Å². The lowest BCUT2D eigenvalue weighted by Gasteiger charge is -2.32. The molecule has 1 aromatic carbocycles. The van der Waals surface area contributed by atoms with E-state index < -0.39 is 5.95 Å². The highest BCUT2D eigenvalue weighted by Crippen LogP contribution is 2.30. The molecule has 0 radical (unpaired) electrons. The van der Waals surface area contributed by atoms with Crippen LogP contribution in [0.4, 0.5) is 10.2 Å². The van der Waals surface area contributed by atoms with Gasteiger partial charge in [-0.15, -0.1) is 0 Å². The Balaban J connectivity index is 1.60. The van der Waals surface area contributed by atoms with Crippen molar-refractivity contribution in [1.29, 1.82) is 0 Å². The average molecular weight is 326 g/mol. The molecule has 1 fully saturated rings. The number of anilines is 1. The number of pyridine rings is 1. The Morgan fingerprint density at radius 1 is 1.17 bits per heavy atom. The van der Waals surface area contributed by atoms with Gasteiger partial charge in [-0.3, -0.25) is 0 Å². The molecular weight excluding hydrogens is 307 g/mol. The van der Waals surface area contributed by atoms with Crippen LogP contribution in [0.5, 0.6) is 0 Å². The molecule has 3 aromatic rings. The van der Waals surface area contributed by atoms with Crippen molar-refractivity contribution in [3.05, 3.63) is 48.4 Å². The molecule has 0 spiro atoms. The molecule has 0 aliphatic carbocycles. The number of para-hydroxylation sites is 1. The molecule has 124 valence electrons. The van der Waals surface area contributed by atoms with Gasteiger partial charge in [0.2, 0.25) is 5.95 Å². The number of furan rings is 1. The maximum atomic E-state index is 14.5. The highest BCUT2D eigenvalue weighted by Gasteiger charge is 2.21. The number of nitrogens with zero attached hydrogens (tertiary/aromatic N) is 2. The number of fused-ring (bicyclic) bond motifs is 1. The SMILES string of the molecule is OCC1CCN(c2ccc(-c3cc4ccccc4o3)c(F)n2)CC1. The number of rotatable bonds is 3. The minimum atomic E-state index is -0.518. The lowest BCUT2D eigenvalue weighted by molar-refractivity contribution is 0.202. The van der Waals surface area contributed by atoms with Crippen LogP contribution in [0.1, 0.15) is 12.8 Å². The summed E-state index contributed by atoms with van der Waals surface area (Å²) in [5, 5.41) is 10.2. The van der Waals surface area contributed by atoms with Gasteiger partial charge < -0.3 is 14.4 Å². The van der Waals surface area contributed by atoms with Gasteiger partial charge in [0.05, 0.1) is 5.56 Å². The smallest absolute Gasteiger partial charge is 0.225 e. The van der Waals surface area contributed by atoms with Gasteiger partial charge in [0.25, 0.3) is 0 Å². The van der Waals surface area contributed by atoms with Crippen LogP contribution in [-0.4, -0.2) is 29.8 Å². The fourth-order valence-electron chi connectivity index (χ4n) is 3.24. The number of aliphatic hydroxyl groups is 1. The van der Waals surface area contributed by atoms with Crippen molar-refractivity contribution in [3.8, 4) is 11.3 Å². The zero-order chi connectivity index (χ0) is 16.5. The third-order valence-corrected chi connectivity index (χ3v) is 4.72. The number of halogens is 1. The van der Waals surface area contributed by atoms with Crippen molar-refractivity contribution in [2.75, 3.05) is 24.6 Å². The summed E-state index contributed by atoms with van der Waals surface area (Å²) in [6.45, 7) is 1.81. The van der Waals surface area contributed by atoms with E-state index in [-0.39, 0.29) is 6.61 Å². The third kappa shape index (κ3) is 2.76. The number of benzene rings is 1. The molecule has 4 nitrogen and oxygen atoms in total. The molecule has 1 N–H and O–H groups in total. The van der Waals surface area contributed by atoms with Crippen LogP contribution in [0, 0.1) is 11.9 Å². The molecule has 0 unspecified atom stereocenters. The summed E-state index contributed by atoms with van der Waals surface area (Å²) in [7, 11) is 0. The summed E-state index contributed by atoms with van der Waals surface area (Å²) in [6, 6.07) is 13.0. The topological polar surface area (TPSA) is 49.5 Å². The van der Waals surface area contributed by atoms with Gasteiger partial charge in [-0.25, -0.2) is 4.98 Å². The molecule has 2 aromatic heterocycles. The van der Waals surface area contributed by atoms with Crippen molar-refractivity contribution in [2.24, 2.45) is 5.92 Å². The minimum absolute atomic E-state index is 0.223. The van der Waals surface area contributed by atoms with Crippen molar-refractivity contribution >= 4 is 16.8 Å². The molecule has 0 amide bonds. The maximum Gasteiger partial charge on any atom is 0.225 e. The second kappa shape index (κ2) is 6.24. The fourth-order valence-corrected chi connectivity index (χ4v) is 3.24. The number of hydrogen-bond donors (Lipinski definition) is 1. The normalized spacial score (nSPS) is 16.0. The first-order valence-corrected chi connectivity index (χ1v) is 8.26. The van der Waals surface area contributed by atoms with Crippen LogP contribution in [0.3, 0.4) is 0 Å². The number of hydrogen-bond acceptors (Lipinski definition) is 4. The summed E-state index contributed by atoms with van der Waals surface area (Å²) in [5.41, 5.74) is 1.11. The summed E-state index contributed by atoms with van der Waals surface area (Å²) >= 11 is 0. The molecule has 0 saturated carbocycles. The Hall–Kier alpha value is -2.40. The van der Waals surface area contributed by atoms with E-state index in [9.17, 15) is 9.50 Å². The molecule has 5 heteroatoms. The summed E-state index contributed by atoms with van der Waals surface area (Å²) in [4.78, 5) is 6.20. The standard InChI is InChI=1S/C19H19FN2O2/c20-19-15(17-11-14-3-1-2-4-16(14)24-17)5-6-18(21-19)22-9-7-13(12-23)8-10-22/h1-6,11,13,23H,7-10,12H2. The predicted octanol–water partition coefficient (Wildman–Crippen LogP) is 3.84. The minimum Gasteiger partial charge on any atom is -0.456 e. The van der Waals surface area contributed by atoms with Gasteiger partial charge in [-0.1, -0.05) is 18.2 Å². The second-order valence-electron chi connectivity index (χ2n) is 6.27.